The number of carbonyl (C=O) groups is 1. The summed E-state index contributed by atoms with van der Waals surface area (Å²) < 4.78 is 1.50. The summed E-state index contributed by atoms with van der Waals surface area (Å²) >= 11 is 2.98. The molecule has 0 bridgehead atoms. The van der Waals surface area contributed by atoms with E-state index in [2.05, 4.69) is 27.4 Å². The van der Waals surface area contributed by atoms with Gasteiger partial charge in [-0.2, -0.15) is 0 Å². The summed E-state index contributed by atoms with van der Waals surface area (Å²) in [4.78, 5) is 36.6. The van der Waals surface area contributed by atoms with Crippen LogP contribution in [0.3, 0.4) is 0 Å². The number of fused-ring (bicyclic) bond motifs is 1. The number of aryl methyl sites for hydroxylation is 3. The summed E-state index contributed by atoms with van der Waals surface area (Å²) in [6.45, 7) is 4.20. The Labute approximate surface area is 175 Å². The average molecular weight is 425 g/mol. The van der Waals surface area contributed by atoms with Gasteiger partial charge in [0.25, 0.3) is 5.56 Å². The number of hydrogen-bond acceptors (Lipinski definition) is 6. The standard InChI is InChI=1S/C21H20N4O2S2/c1-13-14(2)28-19-18(13)20(27)25(12-23-19)9-8-17(26)24-21-22-11-16(29-21)10-15-6-4-3-5-7-15/h3-7,11-12H,8-10H2,1-2H3,(H,22,24,26). The van der Waals surface area contributed by atoms with Gasteiger partial charge in [0.1, 0.15) is 4.83 Å². The highest BCUT2D eigenvalue weighted by atomic mass is 32.1. The summed E-state index contributed by atoms with van der Waals surface area (Å²) in [5, 5.41) is 4.05. The van der Waals surface area contributed by atoms with Gasteiger partial charge < -0.3 is 5.32 Å². The van der Waals surface area contributed by atoms with Gasteiger partial charge in [-0.15, -0.1) is 22.7 Å². The van der Waals surface area contributed by atoms with Crippen LogP contribution in [-0.2, 0) is 17.8 Å². The largest absolute Gasteiger partial charge is 0.302 e. The van der Waals surface area contributed by atoms with E-state index in [1.54, 1.807) is 6.20 Å². The Morgan fingerprint density at radius 3 is 2.72 bits per heavy atom. The highest BCUT2D eigenvalue weighted by Gasteiger charge is 2.13. The number of thiophene rings is 1. The molecule has 0 unspecified atom stereocenters. The maximum absolute atomic E-state index is 12.7. The van der Waals surface area contributed by atoms with Crippen molar-refractivity contribution < 1.29 is 4.79 Å². The molecular weight excluding hydrogens is 404 g/mol. The minimum absolute atomic E-state index is 0.0935. The lowest BCUT2D eigenvalue weighted by Gasteiger charge is -2.05. The van der Waals surface area contributed by atoms with Crippen molar-refractivity contribution in [1.29, 1.82) is 0 Å². The lowest BCUT2D eigenvalue weighted by molar-refractivity contribution is -0.116. The van der Waals surface area contributed by atoms with Gasteiger partial charge in [0.05, 0.1) is 11.7 Å². The summed E-state index contributed by atoms with van der Waals surface area (Å²) in [5.74, 6) is -0.171. The molecule has 0 saturated heterocycles. The van der Waals surface area contributed by atoms with Crippen molar-refractivity contribution in [1.82, 2.24) is 14.5 Å². The van der Waals surface area contributed by atoms with Gasteiger partial charge in [0, 0.05) is 35.3 Å². The fourth-order valence-electron chi connectivity index (χ4n) is 3.08. The normalized spacial score (nSPS) is 11.1. The predicted molar refractivity (Wildman–Crippen MR) is 118 cm³/mol. The second-order valence-corrected chi connectivity index (χ2v) is 9.12. The van der Waals surface area contributed by atoms with Crippen molar-refractivity contribution >= 4 is 43.9 Å². The maximum atomic E-state index is 12.7. The van der Waals surface area contributed by atoms with Crippen LogP contribution in [-0.4, -0.2) is 20.4 Å². The molecule has 3 heterocycles. The molecule has 4 aromatic rings. The molecular formula is C21H20N4O2S2. The third-order valence-electron chi connectivity index (χ3n) is 4.76. The predicted octanol–water partition coefficient (Wildman–Crippen LogP) is 4.15. The summed E-state index contributed by atoms with van der Waals surface area (Å²) in [6, 6.07) is 10.1. The van der Waals surface area contributed by atoms with Gasteiger partial charge in [0.2, 0.25) is 5.91 Å². The number of aromatic nitrogens is 3. The number of thiazole rings is 1. The van der Waals surface area contributed by atoms with E-state index in [0.717, 1.165) is 26.6 Å². The first-order valence-corrected chi connectivity index (χ1v) is 10.9. The van der Waals surface area contributed by atoms with Gasteiger partial charge >= 0.3 is 0 Å². The Hall–Kier alpha value is -2.84. The SMILES string of the molecule is Cc1sc2ncn(CCC(=O)Nc3ncc(Cc4ccccc4)s3)c(=O)c2c1C. The van der Waals surface area contributed by atoms with Crippen LogP contribution < -0.4 is 10.9 Å². The number of rotatable bonds is 6. The van der Waals surface area contributed by atoms with E-state index in [-0.39, 0.29) is 24.4 Å². The van der Waals surface area contributed by atoms with E-state index in [0.29, 0.717) is 10.5 Å². The molecule has 1 N–H and O–H groups in total. The fourth-order valence-corrected chi connectivity index (χ4v) is 4.93. The first-order valence-electron chi connectivity index (χ1n) is 9.25. The molecule has 1 aromatic carbocycles. The van der Waals surface area contributed by atoms with Gasteiger partial charge in [-0.05, 0) is 25.0 Å². The molecule has 0 saturated carbocycles. The van der Waals surface area contributed by atoms with Gasteiger partial charge in [-0.3, -0.25) is 14.2 Å². The van der Waals surface area contributed by atoms with Crippen LogP contribution in [0.15, 0.2) is 47.7 Å². The zero-order valence-corrected chi connectivity index (χ0v) is 17.8. The molecule has 0 aliphatic rings. The monoisotopic (exact) mass is 424 g/mol. The van der Waals surface area contributed by atoms with Gasteiger partial charge in [-0.25, -0.2) is 9.97 Å². The molecule has 0 fully saturated rings. The number of amides is 1. The van der Waals surface area contributed by atoms with E-state index >= 15 is 0 Å². The Morgan fingerprint density at radius 2 is 1.93 bits per heavy atom. The summed E-state index contributed by atoms with van der Waals surface area (Å²) in [6.07, 6.45) is 4.28. The highest BCUT2D eigenvalue weighted by molar-refractivity contribution is 7.18. The second-order valence-electron chi connectivity index (χ2n) is 6.80. The number of benzene rings is 1. The van der Waals surface area contributed by atoms with Crippen LogP contribution in [0.1, 0.15) is 27.3 Å². The minimum atomic E-state index is -0.171. The molecule has 6 nitrogen and oxygen atoms in total. The molecule has 1 amide bonds. The van der Waals surface area contributed by atoms with Crippen LogP contribution in [0.4, 0.5) is 5.13 Å². The van der Waals surface area contributed by atoms with Crippen molar-refractivity contribution in [3.63, 3.8) is 0 Å². The number of nitrogens with zero attached hydrogens (tertiary/aromatic N) is 3. The topological polar surface area (TPSA) is 76.9 Å². The van der Waals surface area contributed by atoms with Crippen molar-refractivity contribution in [2.24, 2.45) is 0 Å². The lowest BCUT2D eigenvalue weighted by atomic mass is 10.1. The van der Waals surface area contributed by atoms with E-state index in [1.807, 2.05) is 32.0 Å². The third-order valence-corrected chi connectivity index (χ3v) is 6.78. The van der Waals surface area contributed by atoms with Crippen LogP contribution in [0, 0.1) is 13.8 Å². The first-order chi connectivity index (χ1) is 14.0. The van der Waals surface area contributed by atoms with Crippen molar-refractivity contribution in [3.8, 4) is 0 Å². The third kappa shape index (κ3) is 4.28. The van der Waals surface area contributed by atoms with Crippen molar-refractivity contribution in [3.05, 3.63) is 74.1 Å². The molecule has 3 aromatic heterocycles. The van der Waals surface area contributed by atoms with Gasteiger partial charge in [0.15, 0.2) is 5.13 Å². The maximum Gasteiger partial charge on any atom is 0.262 e. The molecule has 0 radical (unpaired) electrons. The van der Waals surface area contributed by atoms with Crippen LogP contribution in [0.25, 0.3) is 10.2 Å². The first kappa shape index (κ1) is 19.5. The zero-order valence-electron chi connectivity index (χ0n) is 16.1. The quantitative estimate of drug-likeness (QED) is 0.504. The smallest absolute Gasteiger partial charge is 0.262 e. The number of nitrogens with one attached hydrogen (secondary N) is 1. The Bertz CT molecular complexity index is 1220. The van der Waals surface area contributed by atoms with Gasteiger partial charge in [-0.1, -0.05) is 30.3 Å². The zero-order chi connectivity index (χ0) is 20.4. The summed E-state index contributed by atoms with van der Waals surface area (Å²) in [5.41, 5.74) is 2.08. The fraction of sp³-hybridized carbons (Fsp3) is 0.238. The Kier molecular flexibility index (Phi) is 5.55. The Morgan fingerprint density at radius 1 is 1.14 bits per heavy atom. The van der Waals surface area contributed by atoms with E-state index in [4.69, 9.17) is 0 Å². The molecule has 4 rings (SSSR count). The highest BCUT2D eigenvalue weighted by Crippen LogP contribution is 2.25. The van der Waals surface area contributed by atoms with E-state index in [1.165, 1.54) is 39.1 Å². The Balaban J connectivity index is 1.38. The molecule has 0 atom stereocenters. The minimum Gasteiger partial charge on any atom is -0.302 e. The molecule has 148 valence electrons. The van der Waals surface area contributed by atoms with Crippen LogP contribution in [0.5, 0.6) is 0 Å². The van der Waals surface area contributed by atoms with Crippen molar-refractivity contribution in [2.45, 2.75) is 33.2 Å². The van der Waals surface area contributed by atoms with Crippen LogP contribution in [0.2, 0.25) is 0 Å². The average Bonchev–Trinajstić information content (AvgIpc) is 3.26. The molecule has 0 aliphatic heterocycles. The molecule has 29 heavy (non-hydrogen) atoms. The van der Waals surface area contributed by atoms with E-state index in [9.17, 15) is 9.59 Å². The molecule has 8 heteroatoms. The number of hydrogen-bond donors (Lipinski definition) is 1. The second kappa shape index (κ2) is 8.26. The summed E-state index contributed by atoms with van der Waals surface area (Å²) in [7, 11) is 0. The van der Waals surface area contributed by atoms with E-state index < -0.39 is 0 Å². The number of anilines is 1. The van der Waals surface area contributed by atoms with Crippen LogP contribution >= 0.6 is 22.7 Å². The van der Waals surface area contributed by atoms with Crippen molar-refractivity contribution in [2.75, 3.05) is 5.32 Å². The molecule has 0 aliphatic carbocycles. The molecule has 0 spiro atoms. The number of carbonyl (C=O) groups excluding carboxylic acids is 1. The lowest BCUT2D eigenvalue weighted by Crippen LogP contribution is -2.23.